The van der Waals surface area contributed by atoms with Crippen LogP contribution in [0, 0.1) is 23.6 Å². The number of amides is 3. The van der Waals surface area contributed by atoms with Crippen LogP contribution in [0.2, 0.25) is 5.02 Å². The number of aromatic nitrogens is 1. The number of benzene rings is 2. The Bertz CT molecular complexity index is 1480. The number of carbonyl (C=O) groups excluding carboxylic acids is 3. The van der Waals surface area contributed by atoms with Crippen LogP contribution >= 0.6 is 11.6 Å². The van der Waals surface area contributed by atoms with Gasteiger partial charge >= 0.3 is 0 Å². The first kappa shape index (κ1) is 28.8. The van der Waals surface area contributed by atoms with Crippen LogP contribution in [0.5, 0.6) is 5.75 Å². The maximum absolute atomic E-state index is 15.0. The van der Waals surface area contributed by atoms with Crippen molar-refractivity contribution >= 4 is 40.7 Å². The van der Waals surface area contributed by atoms with Crippen LogP contribution in [0.1, 0.15) is 0 Å². The second-order valence-corrected chi connectivity index (χ2v) is 9.90. The molecule has 3 amide bonds. The molecule has 3 atom stereocenters. The van der Waals surface area contributed by atoms with Crippen LogP contribution in [0.4, 0.5) is 15.8 Å². The largest absolute Gasteiger partial charge is 0.484 e. The van der Waals surface area contributed by atoms with Crippen molar-refractivity contribution in [2.24, 2.45) is 17.8 Å². The molecule has 40 heavy (non-hydrogen) atoms. The van der Waals surface area contributed by atoms with Crippen molar-refractivity contribution in [3.05, 3.63) is 82.0 Å². The molecule has 1 aliphatic carbocycles. The van der Waals surface area contributed by atoms with E-state index in [2.05, 4.69) is 10.6 Å². The molecule has 4 rings (SSSR count). The third-order valence-electron chi connectivity index (χ3n) is 6.49. The number of nitrogens with one attached hydrogen (secondary N) is 2. The number of pyridine rings is 1. The molecule has 0 spiro atoms. The van der Waals surface area contributed by atoms with Crippen LogP contribution in [-0.2, 0) is 19.1 Å². The van der Waals surface area contributed by atoms with Gasteiger partial charge in [-0.25, -0.2) is 4.39 Å². The van der Waals surface area contributed by atoms with Crippen molar-refractivity contribution in [1.29, 1.82) is 0 Å². The predicted molar refractivity (Wildman–Crippen MR) is 147 cm³/mol. The molecule has 2 N–H and O–H groups in total. The monoisotopic (exact) mass is 570 g/mol. The fourth-order valence-corrected chi connectivity index (χ4v) is 4.38. The van der Waals surface area contributed by atoms with Gasteiger partial charge in [-0.2, -0.15) is 0 Å². The van der Waals surface area contributed by atoms with Crippen LogP contribution < -0.4 is 20.9 Å². The lowest BCUT2D eigenvalue weighted by molar-refractivity contribution is -0.130. The summed E-state index contributed by atoms with van der Waals surface area (Å²) in [7, 11) is 4.65. The van der Waals surface area contributed by atoms with Crippen LogP contribution in [0.3, 0.4) is 0 Å². The topological polar surface area (TPSA) is 119 Å². The number of hydrogen-bond donors (Lipinski definition) is 2. The fourth-order valence-electron chi connectivity index (χ4n) is 4.26. The smallest absolute Gasteiger partial charge is 0.259 e. The second-order valence-electron chi connectivity index (χ2n) is 9.47. The number of ether oxygens (including phenoxy) is 2. The van der Waals surface area contributed by atoms with Crippen LogP contribution in [-0.4, -0.2) is 61.6 Å². The molecule has 12 heteroatoms. The van der Waals surface area contributed by atoms with Crippen molar-refractivity contribution in [1.82, 2.24) is 9.47 Å². The molecule has 1 heterocycles. The molecule has 1 aliphatic rings. The van der Waals surface area contributed by atoms with E-state index in [-0.39, 0.29) is 48.1 Å². The Morgan fingerprint density at radius 3 is 2.27 bits per heavy atom. The fraction of sp³-hybridized carbons (Fsp3) is 0.286. The van der Waals surface area contributed by atoms with E-state index in [9.17, 15) is 23.6 Å². The molecular formula is C28H28ClFN4O6. The molecule has 2 aromatic carbocycles. The van der Waals surface area contributed by atoms with E-state index in [1.807, 2.05) is 0 Å². The first-order valence-electron chi connectivity index (χ1n) is 12.3. The molecule has 0 aliphatic heterocycles. The molecule has 210 valence electrons. The zero-order valence-electron chi connectivity index (χ0n) is 22.0. The van der Waals surface area contributed by atoms with Crippen molar-refractivity contribution < 1.29 is 28.2 Å². The van der Waals surface area contributed by atoms with Crippen molar-refractivity contribution in [3.8, 4) is 11.4 Å². The van der Waals surface area contributed by atoms with E-state index >= 15 is 0 Å². The van der Waals surface area contributed by atoms with Gasteiger partial charge in [0.2, 0.25) is 11.8 Å². The summed E-state index contributed by atoms with van der Waals surface area (Å²) < 4.78 is 26.7. The summed E-state index contributed by atoms with van der Waals surface area (Å²) in [5, 5.41) is 5.83. The number of anilines is 2. The predicted octanol–water partition coefficient (Wildman–Crippen LogP) is 3.18. The van der Waals surface area contributed by atoms with Gasteiger partial charge in [0.1, 0.15) is 11.6 Å². The Kier molecular flexibility index (Phi) is 8.86. The van der Waals surface area contributed by atoms with Gasteiger partial charge in [0.15, 0.2) is 6.61 Å². The summed E-state index contributed by atoms with van der Waals surface area (Å²) in [5.74, 6) is -3.42. The number of halogens is 2. The summed E-state index contributed by atoms with van der Waals surface area (Å²) in [5.41, 5.74) is 0.167. The van der Waals surface area contributed by atoms with Crippen molar-refractivity contribution in [2.75, 3.05) is 45.1 Å². The highest BCUT2D eigenvalue weighted by molar-refractivity contribution is 6.30. The average molecular weight is 571 g/mol. The number of likely N-dealkylation sites (N-methyl/N-ethyl adjacent to an activating group) is 1. The Labute approximate surface area is 234 Å². The molecule has 10 nitrogen and oxygen atoms in total. The Balaban J connectivity index is 1.42. The number of methoxy groups -OCH3 is 1. The zero-order chi connectivity index (χ0) is 29.0. The summed E-state index contributed by atoms with van der Waals surface area (Å²) in [6.07, 6.45) is 1.40. The van der Waals surface area contributed by atoms with E-state index < -0.39 is 29.1 Å². The molecule has 0 radical (unpaired) electrons. The lowest BCUT2D eigenvalue weighted by atomic mass is 10.2. The number of rotatable bonds is 10. The minimum Gasteiger partial charge on any atom is -0.484 e. The lowest BCUT2D eigenvalue weighted by Gasteiger charge is -2.12. The zero-order valence-corrected chi connectivity index (χ0v) is 22.8. The maximum atomic E-state index is 15.0. The Morgan fingerprint density at radius 2 is 1.68 bits per heavy atom. The van der Waals surface area contributed by atoms with Crippen LogP contribution in [0.15, 0.2) is 65.6 Å². The summed E-state index contributed by atoms with van der Waals surface area (Å²) in [6, 6.07) is 13.2. The van der Waals surface area contributed by atoms with Gasteiger partial charge in [-0.3, -0.25) is 23.7 Å². The van der Waals surface area contributed by atoms with Gasteiger partial charge in [-0.05, 0) is 42.5 Å². The molecule has 0 saturated heterocycles. The van der Waals surface area contributed by atoms with Gasteiger partial charge in [-0.15, -0.1) is 0 Å². The highest BCUT2D eigenvalue weighted by Crippen LogP contribution is 2.48. The van der Waals surface area contributed by atoms with Gasteiger partial charge < -0.3 is 25.0 Å². The molecule has 1 aromatic heterocycles. The van der Waals surface area contributed by atoms with E-state index in [0.29, 0.717) is 10.7 Å². The molecule has 1 fully saturated rings. The normalized spacial score (nSPS) is 17.6. The van der Waals surface area contributed by atoms with E-state index in [4.69, 9.17) is 21.1 Å². The first-order valence-corrected chi connectivity index (χ1v) is 12.7. The van der Waals surface area contributed by atoms with Gasteiger partial charge in [0.25, 0.3) is 11.5 Å². The Hall–Kier alpha value is -4.22. The Morgan fingerprint density at radius 1 is 1.00 bits per heavy atom. The highest BCUT2D eigenvalue weighted by Gasteiger charge is 2.58. The second kappa shape index (κ2) is 12.3. The van der Waals surface area contributed by atoms with E-state index in [1.165, 1.54) is 47.0 Å². The van der Waals surface area contributed by atoms with Gasteiger partial charge in [0.05, 0.1) is 29.8 Å². The standard InChI is InChI=1S/C28H28ClFN4O6/c1-33(2)24(36)15-40-19-10-11-34(23(35)13-19)18-8-9-22(21(30)12-18)32-28(38)26-20(14-39-3)25(26)27(37)31-17-6-4-16(29)5-7-17/h4-13,20,25-26H,14-15H2,1-3H3,(H,31,37)(H,32,38)/t20-,25-,26+/m0/s1. The maximum Gasteiger partial charge on any atom is 0.259 e. The quantitative estimate of drug-likeness (QED) is 0.386. The molecule has 3 aromatic rings. The molecular weight excluding hydrogens is 543 g/mol. The summed E-state index contributed by atoms with van der Waals surface area (Å²) >= 11 is 5.88. The van der Waals surface area contributed by atoms with Gasteiger partial charge in [-0.1, -0.05) is 11.6 Å². The summed E-state index contributed by atoms with van der Waals surface area (Å²) in [4.78, 5) is 51.4. The van der Waals surface area contributed by atoms with Crippen LogP contribution in [0.25, 0.3) is 5.69 Å². The van der Waals surface area contributed by atoms with E-state index in [1.54, 1.807) is 38.4 Å². The van der Waals surface area contributed by atoms with Crippen molar-refractivity contribution in [3.63, 3.8) is 0 Å². The summed E-state index contributed by atoms with van der Waals surface area (Å²) in [6.45, 7) is -0.0422. The molecule has 1 saturated carbocycles. The van der Waals surface area contributed by atoms with Gasteiger partial charge in [0, 0.05) is 56.2 Å². The third kappa shape index (κ3) is 6.67. The molecule has 0 unspecified atom stereocenters. The number of carbonyl (C=O) groups is 3. The number of hydrogen-bond acceptors (Lipinski definition) is 6. The van der Waals surface area contributed by atoms with Crippen molar-refractivity contribution in [2.45, 2.75) is 0 Å². The third-order valence-corrected chi connectivity index (χ3v) is 6.74. The SMILES string of the molecule is COC[C@@H]1[C@@H](C(=O)Nc2ccc(-n3ccc(OCC(=O)N(C)C)cc3=O)cc2F)[C@H]1C(=O)Nc1ccc(Cl)cc1. The van der Waals surface area contributed by atoms with E-state index in [0.717, 1.165) is 6.07 Å². The average Bonchev–Trinajstić information content (AvgIpc) is 3.64. The highest BCUT2D eigenvalue weighted by atomic mass is 35.5. The molecule has 0 bridgehead atoms. The minimum absolute atomic E-state index is 0.0936. The number of nitrogens with zero attached hydrogens (tertiary/aromatic N) is 2. The minimum atomic E-state index is -0.763. The lowest BCUT2D eigenvalue weighted by Crippen LogP contribution is -2.28. The first-order chi connectivity index (χ1) is 19.1.